The molecule has 4 heterocycles. The van der Waals surface area contributed by atoms with Crippen molar-refractivity contribution < 1.29 is 13.7 Å². The molecule has 0 radical (unpaired) electrons. The van der Waals surface area contributed by atoms with Crippen LogP contribution in [-0.2, 0) is 0 Å². The number of hydrogen-bond donors (Lipinski definition) is 0. The van der Waals surface area contributed by atoms with Gasteiger partial charge in [0.05, 0.1) is 30.7 Å². The van der Waals surface area contributed by atoms with Crippen LogP contribution in [0.15, 0.2) is 64.3 Å². The lowest BCUT2D eigenvalue weighted by molar-refractivity contribution is 0.159. The van der Waals surface area contributed by atoms with E-state index in [1.54, 1.807) is 31.6 Å². The first kappa shape index (κ1) is 24.8. The van der Waals surface area contributed by atoms with Gasteiger partial charge in [-0.1, -0.05) is 23.4 Å². The van der Waals surface area contributed by atoms with Crippen LogP contribution in [-0.4, -0.2) is 51.3 Å². The molecule has 1 saturated heterocycles. The fraction of sp³-hybridized carbons (Fsp3) is 0.357. The predicted molar refractivity (Wildman–Crippen MR) is 138 cm³/mol. The zero-order valence-electron chi connectivity index (χ0n) is 21.2. The van der Waals surface area contributed by atoms with Crippen molar-refractivity contribution in [2.75, 3.05) is 26.7 Å². The molecule has 0 saturated carbocycles. The maximum absolute atomic E-state index is 14.6. The molecule has 0 spiro atoms. The summed E-state index contributed by atoms with van der Waals surface area (Å²) in [6.07, 6.45) is 7.24. The summed E-state index contributed by atoms with van der Waals surface area (Å²) in [6, 6.07) is 10.0. The molecule has 1 atom stereocenters. The number of benzene rings is 1. The second-order valence-corrected chi connectivity index (χ2v) is 9.72. The number of halogens is 1. The lowest BCUT2D eigenvalue weighted by Crippen LogP contribution is -2.32. The third kappa shape index (κ3) is 5.61. The Kier molecular flexibility index (Phi) is 7.14. The van der Waals surface area contributed by atoms with Crippen LogP contribution in [0.4, 0.5) is 4.39 Å². The molecule has 3 aromatic heterocycles. The predicted octanol–water partition coefficient (Wildman–Crippen LogP) is 4.74. The van der Waals surface area contributed by atoms with E-state index in [4.69, 9.17) is 9.26 Å². The van der Waals surface area contributed by atoms with Crippen molar-refractivity contribution in [3.63, 3.8) is 0 Å². The van der Waals surface area contributed by atoms with Gasteiger partial charge in [-0.2, -0.15) is 0 Å². The zero-order valence-corrected chi connectivity index (χ0v) is 21.2. The maximum Gasteiger partial charge on any atom is 0.287 e. The van der Waals surface area contributed by atoms with Crippen molar-refractivity contribution >= 4 is 0 Å². The number of pyridine rings is 1. The Morgan fingerprint density at radius 3 is 2.59 bits per heavy atom. The van der Waals surface area contributed by atoms with Crippen LogP contribution in [0.1, 0.15) is 37.1 Å². The number of aryl methyl sites for hydroxylation is 1. The van der Waals surface area contributed by atoms with Crippen molar-refractivity contribution in [3.05, 3.63) is 82.4 Å². The molecule has 1 aliphatic rings. The Bertz CT molecular complexity index is 1420. The molecular weight excluding hydrogens is 473 g/mol. The molecule has 1 aromatic carbocycles. The van der Waals surface area contributed by atoms with Crippen molar-refractivity contribution in [2.24, 2.45) is 5.92 Å². The average molecular weight is 504 g/mol. The van der Waals surface area contributed by atoms with Gasteiger partial charge in [-0.15, -0.1) is 0 Å². The molecule has 0 unspecified atom stereocenters. The quantitative estimate of drug-likeness (QED) is 0.360. The normalized spacial score (nSPS) is 15.6. The summed E-state index contributed by atoms with van der Waals surface area (Å²) in [7, 11) is 2.15. The van der Waals surface area contributed by atoms with Crippen LogP contribution < -0.4 is 10.3 Å². The zero-order chi connectivity index (χ0) is 25.9. The van der Waals surface area contributed by atoms with E-state index in [0.717, 1.165) is 37.1 Å². The van der Waals surface area contributed by atoms with Gasteiger partial charge in [-0.25, -0.2) is 14.4 Å². The summed E-state index contributed by atoms with van der Waals surface area (Å²) in [5, 5.41) is 3.86. The van der Waals surface area contributed by atoms with E-state index in [9.17, 15) is 9.18 Å². The van der Waals surface area contributed by atoms with Gasteiger partial charge in [0, 0.05) is 23.4 Å². The van der Waals surface area contributed by atoms with Gasteiger partial charge >= 0.3 is 0 Å². The Morgan fingerprint density at radius 2 is 1.89 bits per heavy atom. The van der Waals surface area contributed by atoms with Gasteiger partial charge in [0.2, 0.25) is 0 Å². The van der Waals surface area contributed by atoms with Crippen molar-refractivity contribution in [1.29, 1.82) is 0 Å². The third-order valence-corrected chi connectivity index (χ3v) is 6.91. The van der Waals surface area contributed by atoms with Gasteiger partial charge < -0.3 is 18.7 Å². The monoisotopic (exact) mass is 503 g/mol. The van der Waals surface area contributed by atoms with Gasteiger partial charge in [-0.3, -0.25) is 4.79 Å². The van der Waals surface area contributed by atoms with Crippen LogP contribution in [0.5, 0.6) is 5.75 Å². The smallest absolute Gasteiger partial charge is 0.287 e. The highest BCUT2D eigenvalue weighted by atomic mass is 19.1. The fourth-order valence-corrected chi connectivity index (χ4v) is 4.57. The molecule has 0 N–H and O–H groups in total. The first-order valence-corrected chi connectivity index (χ1v) is 12.5. The molecule has 1 aliphatic heterocycles. The number of rotatable bonds is 7. The molecular formula is C28H30FN5O3. The minimum absolute atomic E-state index is 0.401. The van der Waals surface area contributed by atoms with Crippen LogP contribution in [0.25, 0.3) is 22.7 Å². The molecule has 0 amide bonds. The number of nitrogens with zero attached hydrogens (tertiary/aromatic N) is 5. The number of likely N-dealkylation sites (tertiary alicyclic amines) is 1. The van der Waals surface area contributed by atoms with E-state index >= 15 is 0 Å². The van der Waals surface area contributed by atoms with Gasteiger partial charge in [0.25, 0.3) is 5.56 Å². The van der Waals surface area contributed by atoms with Gasteiger partial charge in [0.15, 0.2) is 23.2 Å². The molecule has 4 aromatic rings. The van der Waals surface area contributed by atoms with E-state index in [-0.39, 0.29) is 0 Å². The van der Waals surface area contributed by atoms with Crippen LogP contribution in [0.2, 0.25) is 0 Å². The highest BCUT2D eigenvalue weighted by molar-refractivity contribution is 5.57. The highest BCUT2D eigenvalue weighted by Gasteiger charge is 2.19. The summed E-state index contributed by atoms with van der Waals surface area (Å²) in [5.41, 5.74) is 2.02. The molecule has 1 fully saturated rings. The van der Waals surface area contributed by atoms with Crippen LogP contribution in [0, 0.1) is 18.7 Å². The molecule has 8 nitrogen and oxygen atoms in total. The summed E-state index contributed by atoms with van der Waals surface area (Å²) in [6.45, 7) is 6.49. The minimum Gasteiger partial charge on any atom is -0.490 e. The number of aromatic nitrogens is 4. The van der Waals surface area contributed by atoms with E-state index in [2.05, 4.69) is 27.1 Å². The largest absolute Gasteiger partial charge is 0.490 e. The van der Waals surface area contributed by atoms with E-state index < -0.39 is 17.4 Å². The first-order chi connectivity index (χ1) is 17.9. The van der Waals surface area contributed by atoms with E-state index in [0.29, 0.717) is 41.1 Å². The third-order valence-electron chi connectivity index (χ3n) is 6.91. The lowest BCUT2D eigenvalue weighted by atomic mass is 9.98. The molecule has 192 valence electrons. The Hall–Kier alpha value is -3.85. The molecule has 0 bridgehead atoms. The van der Waals surface area contributed by atoms with Crippen molar-refractivity contribution in [2.45, 2.75) is 32.7 Å². The summed E-state index contributed by atoms with van der Waals surface area (Å²) in [4.78, 5) is 24.0. The standard InChI is InChI=1S/C28H30FN5O3/c1-18-11-26(37-32-18)23-13-25(29)28(35)34(16-23)19(2)21-5-4-6-22(12-21)27-30-14-24(15-31-27)36-17-20-7-9-33(3)10-8-20/h4-6,11-16,19-20H,7-10,17H2,1-3H3/t19-/m1/s1. The molecule has 0 aliphatic carbocycles. The molecule has 5 rings (SSSR count). The summed E-state index contributed by atoms with van der Waals surface area (Å²) in [5.74, 6) is 1.29. The molecule has 37 heavy (non-hydrogen) atoms. The second kappa shape index (κ2) is 10.6. The van der Waals surface area contributed by atoms with Crippen molar-refractivity contribution in [3.8, 4) is 28.5 Å². The second-order valence-electron chi connectivity index (χ2n) is 9.72. The fourth-order valence-electron chi connectivity index (χ4n) is 4.57. The van der Waals surface area contributed by atoms with Crippen LogP contribution >= 0.6 is 0 Å². The topological polar surface area (TPSA) is 86.3 Å². The maximum atomic E-state index is 14.6. The molecule has 9 heteroatoms. The summed E-state index contributed by atoms with van der Waals surface area (Å²) >= 11 is 0. The highest BCUT2D eigenvalue weighted by Crippen LogP contribution is 2.26. The Labute approximate surface area is 214 Å². The minimum atomic E-state index is -0.853. The van der Waals surface area contributed by atoms with Crippen LogP contribution in [0.3, 0.4) is 0 Å². The lowest BCUT2D eigenvalue weighted by Gasteiger charge is -2.28. The first-order valence-electron chi connectivity index (χ1n) is 12.5. The van der Waals surface area contributed by atoms with Crippen molar-refractivity contribution in [1.82, 2.24) is 24.6 Å². The number of ether oxygens (including phenoxy) is 1. The average Bonchev–Trinajstić information content (AvgIpc) is 3.36. The summed E-state index contributed by atoms with van der Waals surface area (Å²) < 4.78 is 27.1. The van der Waals surface area contributed by atoms with E-state index in [1.807, 2.05) is 31.2 Å². The Balaban J connectivity index is 1.33. The SMILES string of the molecule is Cc1cc(-c2cc(F)c(=O)n([C@H](C)c3cccc(-c4ncc(OCC5CCN(C)CC5)cn4)c3)c2)on1. The van der Waals surface area contributed by atoms with E-state index in [1.165, 1.54) is 10.6 Å². The van der Waals surface area contributed by atoms with Gasteiger partial charge in [0.1, 0.15) is 0 Å². The number of hydrogen-bond acceptors (Lipinski definition) is 7. The van der Waals surface area contributed by atoms with Gasteiger partial charge in [-0.05, 0) is 70.4 Å². The number of piperidine rings is 1. The Morgan fingerprint density at radius 1 is 1.14 bits per heavy atom.